The number of ether oxygens (including phenoxy) is 1. The number of urea groups is 1. The summed E-state index contributed by atoms with van der Waals surface area (Å²) < 4.78 is 10.6. The van der Waals surface area contributed by atoms with Gasteiger partial charge in [0.15, 0.2) is 0 Å². The second-order valence-electron chi connectivity index (χ2n) is 4.62. The Labute approximate surface area is 117 Å². The molecule has 0 atom stereocenters. The maximum Gasteiger partial charge on any atom is 0.315 e. The number of carbonyl (C=O) groups excluding carboxylic acids is 1. The van der Waals surface area contributed by atoms with Crippen LogP contribution in [0.5, 0.6) is 0 Å². The standard InChI is InChI=1S/C13H20N2O3S/c1-19-13(4-7-17-8-5-13)10-15-12(16)14-9-11-3-2-6-18-11/h2-3,6H,4-5,7-10H2,1H3,(H2,14,15,16). The van der Waals surface area contributed by atoms with Gasteiger partial charge < -0.3 is 19.8 Å². The molecule has 19 heavy (non-hydrogen) atoms. The highest BCUT2D eigenvalue weighted by Gasteiger charge is 2.31. The first-order valence-electron chi connectivity index (χ1n) is 6.41. The molecule has 1 aromatic rings. The Morgan fingerprint density at radius 1 is 1.42 bits per heavy atom. The van der Waals surface area contributed by atoms with Crippen LogP contribution in [0.1, 0.15) is 18.6 Å². The summed E-state index contributed by atoms with van der Waals surface area (Å²) in [6.07, 6.45) is 5.65. The number of hydrogen-bond acceptors (Lipinski definition) is 4. The molecule has 5 nitrogen and oxygen atoms in total. The van der Waals surface area contributed by atoms with Crippen molar-refractivity contribution in [2.24, 2.45) is 0 Å². The largest absolute Gasteiger partial charge is 0.467 e. The summed E-state index contributed by atoms with van der Waals surface area (Å²) in [6, 6.07) is 3.48. The molecule has 0 aromatic carbocycles. The van der Waals surface area contributed by atoms with Gasteiger partial charge in [0.2, 0.25) is 0 Å². The predicted molar refractivity (Wildman–Crippen MR) is 75.2 cm³/mol. The van der Waals surface area contributed by atoms with Gasteiger partial charge in [-0.25, -0.2) is 4.79 Å². The minimum Gasteiger partial charge on any atom is -0.467 e. The van der Waals surface area contributed by atoms with E-state index in [0.29, 0.717) is 13.1 Å². The van der Waals surface area contributed by atoms with Crippen LogP contribution in [0.15, 0.2) is 22.8 Å². The van der Waals surface area contributed by atoms with Crippen LogP contribution in [0, 0.1) is 0 Å². The average molecular weight is 284 g/mol. The van der Waals surface area contributed by atoms with Crippen LogP contribution in [0.2, 0.25) is 0 Å². The van der Waals surface area contributed by atoms with Crippen molar-refractivity contribution >= 4 is 17.8 Å². The average Bonchev–Trinajstić information content (AvgIpc) is 2.97. The number of furan rings is 1. The van der Waals surface area contributed by atoms with E-state index in [4.69, 9.17) is 9.15 Å². The number of thioether (sulfide) groups is 1. The number of hydrogen-bond donors (Lipinski definition) is 2. The zero-order valence-electron chi connectivity index (χ0n) is 11.1. The number of nitrogens with one attached hydrogen (secondary N) is 2. The first kappa shape index (κ1) is 14.3. The van der Waals surface area contributed by atoms with E-state index in [1.807, 2.05) is 17.8 Å². The van der Waals surface area contributed by atoms with Crippen LogP contribution in [-0.2, 0) is 11.3 Å². The van der Waals surface area contributed by atoms with Crippen LogP contribution in [0.4, 0.5) is 4.79 Å². The summed E-state index contributed by atoms with van der Waals surface area (Å²) in [6.45, 7) is 2.63. The third-order valence-electron chi connectivity index (χ3n) is 3.41. The van der Waals surface area contributed by atoms with Crippen molar-refractivity contribution in [2.75, 3.05) is 26.0 Å². The maximum absolute atomic E-state index is 11.7. The monoisotopic (exact) mass is 284 g/mol. The van der Waals surface area contributed by atoms with Crippen LogP contribution in [0.25, 0.3) is 0 Å². The van der Waals surface area contributed by atoms with Crippen LogP contribution in [0.3, 0.4) is 0 Å². The molecule has 1 fully saturated rings. The predicted octanol–water partition coefficient (Wildman–Crippen LogP) is 1.99. The molecular weight excluding hydrogens is 264 g/mol. The van der Waals surface area contributed by atoms with Gasteiger partial charge in [0.05, 0.1) is 12.8 Å². The molecule has 0 aliphatic carbocycles. The molecule has 1 aliphatic rings. The van der Waals surface area contributed by atoms with Gasteiger partial charge in [-0.2, -0.15) is 11.8 Å². The highest BCUT2D eigenvalue weighted by atomic mass is 32.2. The number of amides is 2. The van der Waals surface area contributed by atoms with Gasteiger partial charge in [0.25, 0.3) is 0 Å². The minimum absolute atomic E-state index is 0.111. The van der Waals surface area contributed by atoms with E-state index in [2.05, 4.69) is 16.9 Å². The van der Waals surface area contributed by atoms with E-state index in [1.54, 1.807) is 12.3 Å². The molecule has 0 radical (unpaired) electrons. The molecule has 1 saturated heterocycles. The molecule has 2 N–H and O–H groups in total. The molecule has 1 aliphatic heterocycles. The van der Waals surface area contributed by atoms with Gasteiger partial charge in [-0.1, -0.05) is 0 Å². The summed E-state index contributed by atoms with van der Waals surface area (Å²) in [7, 11) is 0. The summed E-state index contributed by atoms with van der Waals surface area (Å²) >= 11 is 1.81. The number of rotatable bonds is 5. The van der Waals surface area contributed by atoms with Crippen LogP contribution in [-0.4, -0.2) is 36.8 Å². The lowest BCUT2D eigenvalue weighted by atomic mass is 9.99. The van der Waals surface area contributed by atoms with Gasteiger partial charge in [-0.3, -0.25) is 0 Å². The van der Waals surface area contributed by atoms with Crippen molar-refractivity contribution in [3.63, 3.8) is 0 Å². The van der Waals surface area contributed by atoms with Crippen molar-refractivity contribution in [1.29, 1.82) is 0 Å². The fourth-order valence-corrected chi connectivity index (χ4v) is 2.87. The lowest BCUT2D eigenvalue weighted by molar-refractivity contribution is 0.0777. The van der Waals surface area contributed by atoms with Crippen molar-refractivity contribution in [1.82, 2.24) is 10.6 Å². The van der Waals surface area contributed by atoms with Gasteiger partial charge in [-0.15, -0.1) is 0 Å². The summed E-state index contributed by atoms with van der Waals surface area (Å²) in [5.41, 5.74) is 0. The van der Waals surface area contributed by atoms with Gasteiger partial charge >= 0.3 is 6.03 Å². The Kier molecular flexibility index (Phi) is 5.15. The SMILES string of the molecule is CSC1(CNC(=O)NCc2ccco2)CCOCC1. The van der Waals surface area contributed by atoms with Crippen molar-refractivity contribution in [3.8, 4) is 0 Å². The summed E-state index contributed by atoms with van der Waals surface area (Å²) in [5, 5.41) is 5.72. The molecule has 106 valence electrons. The lowest BCUT2D eigenvalue weighted by Gasteiger charge is -2.35. The van der Waals surface area contributed by atoms with E-state index in [1.165, 1.54) is 0 Å². The first-order chi connectivity index (χ1) is 9.24. The van der Waals surface area contributed by atoms with E-state index >= 15 is 0 Å². The zero-order valence-corrected chi connectivity index (χ0v) is 11.9. The molecule has 0 unspecified atom stereocenters. The summed E-state index contributed by atoms with van der Waals surface area (Å²) in [4.78, 5) is 11.7. The van der Waals surface area contributed by atoms with Crippen molar-refractivity contribution in [2.45, 2.75) is 24.1 Å². The second kappa shape index (κ2) is 6.86. The maximum atomic E-state index is 11.7. The smallest absolute Gasteiger partial charge is 0.315 e. The highest BCUT2D eigenvalue weighted by Crippen LogP contribution is 2.32. The number of carbonyl (C=O) groups is 1. The van der Waals surface area contributed by atoms with E-state index in [9.17, 15) is 4.79 Å². The molecule has 2 heterocycles. The van der Waals surface area contributed by atoms with Gasteiger partial charge in [-0.05, 0) is 31.2 Å². The molecule has 6 heteroatoms. The fraction of sp³-hybridized carbons (Fsp3) is 0.615. The zero-order chi connectivity index (χ0) is 13.6. The molecule has 0 saturated carbocycles. The molecule has 1 aromatic heterocycles. The summed E-state index contributed by atoms with van der Waals surface area (Å²) in [5.74, 6) is 0.751. The van der Waals surface area contributed by atoms with Gasteiger partial charge in [0, 0.05) is 24.5 Å². The normalized spacial score (nSPS) is 17.9. The Bertz CT molecular complexity index is 389. The third kappa shape index (κ3) is 4.18. The topological polar surface area (TPSA) is 63.5 Å². The van der Waals surface area contributed by atoms with E-state index < -0.39 is 0 Å². The molecule has 2 rings (SSSR count). The van der Waals surface area contributed by atoms with E-state index in [-0.39, 0.29) is 10.8 Å². The lowest BCUT2D eigenvalue weighted by Crippen LogP contribution is -2.47. The minimum atomic E-state index is -0.156. The Morgan fingerprint density at radius 3 is 2.84 bits per heavy atom. The first-order valence-corrected chi connectivity index (χ1v) is 7.64. The van der Waals surface area contributed by atoms with Gasteiger partial charge in [0.1, 0.15) is 5.76 Å². The van der Waals surface area contributed by atoms with Crippen molar-refractivity contribution < 1.29 is 13.9 Å². The van der Waals surface area contributed by atoms with Crippen molar-refractivity contribution in [3.05, 3.63) is 24.2 Å². The second-order valence-corrected chi connectivity index (χ2v) is 5.89. The Balaban J connectivity index is 1.72. The highest BCUT2D eigenvalue weighted by molar-refractivity contribution is 8.00. The quantitative estimate of drug-likeness (QED) is 0.868. The fourth-order valence-electron chi connectivity index (χ4n) is 2.08. The van der Waals surface area contributed by atoms with E-state index in [0.717, 1.165) is 31.8 Å². The van der Waals surface area contributed by atoms with Crippen LogP contribution >= 0.6 is 11.8 Å². The van der Waals surface area contributed by atoms with Crippen LogP contribution < -0.4 is 10.6 Å². The third-order valence-corrected chi connectivity index (χ3v) is 4.83. The Hall–Kier alpha value is -1.14. The molecule has 2 amide bonds. The molecule has 0 bridgehead atoms. The Morgan fingerprint density at radius 2 is 2.21 bits per heavy atom. The molecule has 0 spiro atoms. The molecular formula is C13H20N2O3S.